The molecule has 122 valence electrons. The minimum Gasteiger partial charge on any atom is -0.325 e. The number of tetrazole rings is 1. The number of thioether (sulfide) groups is 1. The molecule has 4 rings (SSSR count). The second-order valence-electron chi connectivity index (χ2n) is 5.95. The number of carbonyl (C=O) groups is 1. The molecule has 7 heteroatoms. The molecule has 0 spiro atoms. The number of nitrogens with zero attached hydrogens (tertiary/aromatic N) is 4. The van der Waals surface area contributed by atoms with Crippen molar-refractivity contribution >= 4 is 34.1 Å². The lowest BCUT2D eigenvalue weighted by molar-refractivity contribution is -0.115. The largest absolute Gasteiger partial charge is 0.325 e. The Kier molecular flexibility index (Phi) is 3.93. The number of hydrogen-bond acceptors (Lipinski definition) is 5. The van der Waals surface area contributed by atoms with E-state index in [1.54, 1.807) is 0 Å². The quantitative estimate of drug-likeness (QED) is 0.722. The number of aromatic nitrogens is 4. The first-order valence-electron chi connectivity index (χ1n) is 7.95. The van der Waals surface area contributed by atoms with Gasteiger partial charge in [0.25, 0.3) is 0 Å². The van der Waals surface area contributed by atoms with Crippen LogP contribution in [0.25, 0.3) is 10.8 Å². The van der Waals surface area contributed by atoms with E-state index < -0.39 is 0 Å². The molecule has 1 aliphatic carbocycles. The van der Waals surface area contributed by atoms with Gasteiger partial charge in [-0.15, -0.1) is 5.10 Å². The monoisotopic (exact) mass is 339 g/mol. The lowest BCUT2D eigenvalue weighted by Crippen LogP contribution is -2.23. The zero-order valence-electron chi connectivity index (χ0n) is 13.2. The first kappa shape index (κ1) is 15.1. The fourth-order valence-corrected chi connectivity index (χ4v) is 3.39. The van der Waals surface area contributed by atoms with E-state index in [2.05, 4.69) is 26.9 Å². The lowest BCUT2D eigenvalue weighted by atomic mass is 10.1. The number of benzene rings is 2. The molecule has 6 nitrogen and oxygen atoms in total. The predicted molar refractivity (Wildman–Crippen MR) is 94.0 cm³/mol. The summed E-state index contributed by atoms with van der Waals surface area (Å²) in [5.41, 5.74) is 0.799. The van der Waals surface area contributed by atoms with Crippen molar-refractivity contribution < 1.29 is 4.79 Å². The third-order valence-corrected chi connectivity index (χ3v) is 5.07. The van der Waals surface area contributed by atoms with Crippen molar-refractivity contribution in [2.45, 2.75) is 36.2 Å². The summed E-state index contributed by atoms with van der Waals surface area (Å²) in [6.45, 7) is 1.87. The van der Waals surface area contributed by atoms with Crippen molar-refractivity contribution in [3.63, 3.8) is 0 Å². The first-order chi connectivity index (χ1) is 11.7. The molecule has 2 aromatic carbocycles. The Balaban J connectivity index is 1.45. The van der Waals surface area contributed by atoms with Crippen LogP contribution in [0.2, 0.25) is 0 Å². The normalized spacial score (nSPS) is 15.4. The van der Waals surface area contributed by atoms with Crippen LogP contribution in [-0.4, -0.2) is 31.4 Å². The minimum atomic E-state index is -0.278. The zero-order chi connectivity index (χ0) is 16.5. The first-order valence-corrected chi connectivity index (χ1v) is 8.83. The minimum absolute atomic E-state index is 0.0550. The van der Waals surface area contributed by atoms with Crippen molar-refractivity contribution in [1.29, 1.82) is 0 Å². The molecule has 1 atom stereocenters. The number of hydrogen-bond donors (Lipinski definition) is 1. The number of fused-ring (bicyclic) bond motifs is 1. The van der Waals surface area contributed by atoms with E-state index in [1.807, 2.05) is 48.0 Å². The van der Waals surface area contributed by atoms with Crippen molar-refractivity contribution in [3.8, 4) is 0 Å². The van der Waals surface area contributed by atoms with Gasteiger partial charge in [0.05, 0.1) is 11.3 Å². The Bertz CT molecular complexity index is 889. The van der Waals surface area contributed by atoms with E-state index >= 15 is 0 Å². The smallest absolute Gasteiger partial charge is 0.237 e. The van der Waals surface area contributed by atoms with Gasteiger partial charge in [0.1, 0.15) is 0 Å². The van der Waals surface area contributed by atoms with Crippen LogP contribution in [0.1, 0.15) is 25.8 Å². The van der Waals surface area contributed by atoms with Crippen molar-refractivity contribution in [1.82, 2.24) is 20.2 Å². The maximum Gasteiger partial charge on any atom is 0.237 e. The van der Waals surface area contributed by atoms with Crippen LogP contribution in [0, 0.1) is 0 Å². The van der Waals surface area contributed by atoms with E-state index in [0.717, 1.165) is 29.3 Å². The fourth-order valence-electron chi connectivity index (χ4n) is 2.53. The van der Waals surface area contributed by atoms with Crippen LogP contribution in [0.4, 0.5) is 5.69 Å². The third-order valence-electron chi connectivity index (χ3n) is 4.02. The molecule has 1 saturated carbocycles. The Morgan fingerprint density at radius 3 is 2.83 bits per heavy atom. The molecular weight excluding hydrogens is 322 g/mol. The summed E-state index contributed by atoms with van der Waals surface area (Å²) in [4.78, 5) is 12.5. The Morgan fingerprint density at radius 1 is 1.25 bits per heavy atom. The molecular formula is C17H17N5OS. The van der Waals surface area contributed by atoms with Gasteiger partial charge in [-0.25, -0.2) is 4.68 Å². The molecule has 1 fully saturated rings. The SMILES string of the molecule is C[C@@H](Sc1nnnn1C1CC1)C(=O)Nc1ccc2ccccc2c1. The lowest BCUT2D eigenvalue weighted by Gasteiger charge is -2.12. The molecule has 3 aromatic rings. The molecule has 0 unspecified atom stereocenters. The highest BCUT2D eigenvalue weighted by atomic mass is 32.2. The topological polar surface area (TPSA) is 72.7 Å². The van der Waals surface area contributed by atoms with Gasteiger partial charge in [-0.3, -0.25) is 4.79 Å². The van der Waals surface area contributed by atoms with Crippen molar-refractivity contribution in [2.75, 3.05) is 5.32 Å². The molecule has 1 heterocycles. The number of amides is 1. The summed E-state index contributed by atoms with van der Waals surface area (Å²) in [6.07, 6.45) is 2.21. The Hall–Kier alpha value is -2.41. The average Bonchev–Trinajstić information content (AvgIpc) is 3.34. The number of nitrogens with one attached hydrogen (secondary N) is 1. The average molecular weight is 339 g/mol. The van der Waals surface area contributed by atoms with Crippen LogP contribution in [0.5, 0.6) is 0 Å². The van der Waals surface area contributed by atoms with E-state index in [4.69, 9.17) is 0 Å². The molecule has 0 bridgehead atoms. The summed E-state index contributed by atoms with van der Waals surface area (Å²) in [5, 5.41) is 17.4. The van der Waals surface area contributed by atoms with Gasteiger partial charge < -0.3 is 5.32 Å². The van der Waals surface area contributed by atoms with E-state index in [9.17, 15) is 4.79 Å². The molecule has 0 radical (unpaired) electrons. The van der Waals surface area contributed by atoms with Gasteiger partial charge in [0, 0.05) is 5.69 Å². The summed E-state index contributed by atoms with van der Waals surface area (Å²) in [5.74, 6) is -0.0550. The summed E-state index contributed by atoms with van der Waals surface area (Å²) in [6, 6.07) is 14.4. The van der Waals surface area contributed by atoms with Crippen LogP contribution < -0.4 is 5.32 Å². The highest BCUT2D eigenvalue weighted by molar-refractivity contribution is 8.00. The van der Waals surface area contributed by atoms with Crippen LogP contribution in [0.15, 0.2) is 47.6 Å². The maximum atomic E-state index is 12.5. The number of anilines is 1. The van der Waals surface area contributed by atoms with Crippen LogP contribution in [-0.2, 0) is 4.79 Å². The molecule has 0 aliphatic heterocycles. The summed E-state index contributed by atoms with van der Waals surface area (Å²) < 4.78 is 1.82. The van der Waals surface area contributed by atoms with E-state index in [1.165, 1.54) is 11.8 Å². The van der Waals surface area contributed by atoms with E-state index in [-0.39, 0.29) is 11.2 Å². The molecule has 0 saturated heterocycles. The summed E-state index contributed by atoms with van der Waals surface area (Å²) in [7, 11) is 0. The number of carbonyl (C=O) groups excluding carboxylic acids is 1. The van der Waals surface area contributed by atoms with Gasteiger partial charge in [0.15, 0.2) is 0 Å². The molecule has 1 aliphatic rings. The maximum absolute atomic E-state index is 12.5. The highest BCUT2D eigenvalue weighted by Crippen LogP contribution is 2.37. The van der Waals surface area contributed by atoms with Crippen molar-refractivity contribution in [2.24, 2.45) is 0 Å². The second-order valence-corrected chi connectivity index (χ2v) is 7.26. The Labute approximate surface area is 143 Å². The molecule has 1 N–H and O–H groups in total. The van der Waals surface area contributed by atoms with Gasteiger partial charge in [0.2, 0.25) is 11.1 Å². The second kappa shape index (κ2) is 6.24. The van der Waals surface area contributed by atoms with Gasteiger partial charge >= 0.3 is 0 Å². The van der Waals surface area contributed by atoms with Gasteiger partial charge in [-0.2, -0.15) is 0 Å². The van der Waals surface area contributed by atoms with E-state index in [0.29, 0.717) is 11.2 Å². The molecule has 1 amide bonds. The third kappa shape index (κ3) is 3.12. The van der Waals surface area contributed by atoms with Crippen LogP contribution >= 0.6 is 11.8 Å². The van der Waals surface area contributed by atoms with Crippen LogP contribution in [0.3, 0.4) is 0 Å². The fraction of sp³-hybridized carbons (Fsp3) is 0.294. The zero-order valence-corrected chi connectivity index (χ0v) is 14.0. The number of rotatable bonds is 5. The summed E-state index contributed by atoms with van der Waals surface area (Å²) >= 11 is 1.39. The van der Waals surface area contributed by atoms with Crippen molar-refractivity contribution in [3.05, 3.63) is 42.5 Å². The Morgan fingerprint density at radius 2 is 2.04 bits per heavy atom. The standard InChI is InChI=1S/C17H17N5OS/c1-11(24-17-19-20-21-22(17)15-8-9-15)16(23)18-14-7-6-12-4-2-3-5-13(12)10-14/h2-7,10-11,15H,8-9H2,1H3,(H,18,23)/t11-/m1/s1. The molecule has 24 heavy (non-hydrogen) atoms. The molecule has 1 aromatic heterocycles. The predicted octanol–water partition coefficient (Wildman–Crippen LogP) is 3.28. The van der Waals surface area contributed by atoms with Gasteiger partial charge in [-0.05, 0) is 53.1 Å². The highest BCUT2D eigenvalue weighted by Gasteiger charge is 2.29. The van der Waals surface area contributed by atoms with Gasteiger partial charge in [-0.1, -0.05) is 42.1 Å².